The van der Waals surface area contributed by atoms with Crippen LogP contribution in [-0.2, 0) is 11.3 Å². The quantitative estimate of drug-likeness (QED) is 0.651. The standard InChI is InChI=1S/C9H10F3N3O3/c1-4(16)7-5(13)6(8(17)18-2)14-15(7)3-9(10,11)12/h3,13H2,1-2H3. The third kappa shape index (κ3) is 2.79. The number of carbonyl (C=O) groups excluding carboxylic acids is 2. The van der Waals surface area contributed by atoms with E-state index in [9.17, 15) is 22.8 Å². The molecule has 100 valence electrons. The molecule has 0 aromatic carbocycles. The lowest BCUT2D eigenvalue weighted by Gasteiger charge is -2.08. The molecule has 0 aliphatic heterocycles. The van der Waals surface area contributed by atoms with Crippen molar-refractivity contribution in [2.75, 3.05) is 12.8 Å². The van der Waals surface area contributed by atoms with Crippen molar-refractivity contribution in [1.82, 2.24) is 9.78 Å². The summed E-state index contributed by atoms with van der Waals surface area (Å²) >= 11 is 0. The van der Waals surface area contributed by atoms with Gasteiger partial charge in [0.15, 0.2) is 11.5 Å². The summed E-state index contributed by atoms with van der Waals surface area (Å²) in [6, 6.07) is 0. The molecule has 1 heterocycles. The Morgan fingerprint density at radius 3 is 2.39 bits per heavy atom. The van der Waals surface area contributed by atoms with Crippen molar-refractivity contribution >= 4 is 17.4 Å². The molecule has 1 aromatic heterocycles. The van der Waals surface area contributed by atoms with Crippen LogP contribution < -0.4 is 5.73 Å². The maximum Gasteiger partial charge on any atom is 0.408 e. The number of ether oxygens (including phenoxy) is 1. The van der Waals surface area contributed by atoms with Crippen LogP contribution in [0.4, 0.5) is 18.9 Å². The van der Waals surface area contributed by atoms with Gasteiger partial charge in [-0.05, 0) is 0 Å². The number of hydrogen-bond acceptors (Lipinski definition) is 5. The second kappa shape index (κ2) is 4.67. The van der Waals surface area contributed by atoms with E-state index >= 15 is 0 Å². The minimum Gasteiger partial charge on any atom is -0.464 e. The summed E-state index contributed by atoms with van der Waals surface area (Å²) in [7, 11) is 1.03. The fraction of sp³-hybridized carbons (Fsp3) is 0.444. The summed E-state index contributed by atoms with van der Waals surface area (Å²) in [5.41, 5.74) is 4.04. The van der Waals surface area contributed by atoms with Crippen LogP contribution in [-0.4, -0.2) is 34.8 Å². The van der Waals surface area contributed by atoms with Crippen LogP contribution in [0.5, 0.6) is 0 Å². The number of hydrogen-bond donors (Lipinski definition) is 1. The molecule has 18 heavy (non-hydrogen) atoms. The van der Waals surface area contributed by atoms with Gasteiger partial charge in [0.2, 0.25) is 0 Å². The molecule has 0 saturated carbocycles. The Balaban J connectivity index is 3.33. The van der Waals surface area contributed by atoms with E-state index in [-0.39, 0.29) is 0 Å². The van der Waals surface area contributed by atoms with E-state index in [0.717, 1.165) is 14.0 Å². The summed E-state index contributed by atoms with van der Waals surface area (Å²) in [5.74, 6) is -1.73. The lowest BCUT2D eigenvalue weighted by Crippen LogP contribution is -2.22. The first-order valence-electron chi connectivity index (χ1n) is 4.69. The highest BCUT2D eigenvalue weighted by molar-refractivity contribution is 6.03. The Bertz CT molecular complexity index is 493. The van der Waals surface area contributed by atoms with Crippen molar-refractivity contribution in [2.24, 2.45) is 0 Å². The van der Waals surface area contributed by atoms with Crippen molar-refractivity contribution < 1.29 is 27.5 Å². The van der Waals surface area contributed by atoms with Crippen LogP contribution in [0.1, 0.15) is 27.9 Å². The van der Waals surface area contributed by atoms with Gasteiger partial charge in [0.1, 0.15) is 12.2 Å². The summed E-state index contributed by atoms with van der Waals surface area (Å²) in [6.07, 6.45) is -4.59. The fourth-order valence-electron chi connectivity index (χ4n) is 1.38. The number of ketones is 1. The number of carbonyl (C=O) groups is 2. The number of rotatable bonds is 3. The van der Waals surface area contributed by atoms with Crippen LogP contribution >= 0.6 is 0 Å². The van der Waals surface area contributed by atoms with Gasteiger partial charge in [-0.2, -0.15) is 18.3 Å². The van der Waals surface area contributed by atoms with Crippen LogP contribution in [0.3, 0.4) is 0 Å². The number of nitrogens with two attached hydrogens (primary N) is 1. The lowest BCUT2D eigenvalue weighted by molar-refractivity contribution is -0.142. The van der Waals surface area contributed by atoms with E-state index in [1.165, 1.54) is 0 Å². The van der Waals surface area contributed by atoms with Gasteiger partial charge in [-0.25, -0.2) is 9.48 Å². The minimum atomic E-state index is -4.59. The zero-order valence-corrected chi connectivity index (χ0v) is 9.54. The largest absolute Gasteiger partial charge is 0.464 e. The second-order valence-corrected chi connectivity index (χ2v) is 3.43. The van der Waals surface area contributed by atoms with Crippen LogP contribution in [0.2, 0.25) is 0 Å². The Labute approximate surface area is 99.5 Å². The highest BCUT2D eigenvalue weighted by Gasteiger charge is 2.33. The van der Waals surface area contributed by atoms with Gasteiger partial charge < -0.3 is 10.5 Å². The first kappa shape index (κ1) is 14.0. The predicted octanol–water partition coefficient (Wildman–Crippen LogP) is 1.02. The monoisotopic (exact) mass is 265 g/mol. The van der Waals surface area contributed by atoms with Gasteiger partial charge in [0.25, 0.3) is 0 Å². The molecule has 0 aliphatic rings. The summed E-state index contributed by atoms with van der Waals surface area (Å²) in [4.78, 5) is 22.5. The molecule has 6 nitrogen and oxygen atoms in total. The van der Waals surface area contributed by atoms with Crippen molar-refractivity contribution in [3.8, 4) is 0 Å². The molecule has 0 spiro atoms. The van der Waals surface area contributed by atoms with E-state index in [0.29, 0.717) is 4.68 Å². The summed E-state index contributed by atoms with van der Waals surface area (Å²) in [5, 5.41) is 3.36. The summed E-state index contributed by atoms with van der Waals surface area (Å²) < 4.78 is 41.5. The Morgan fingerprint density at radius 2 is 2.00 bits per heavy atom. The third-order valence-corrected chi connectivity index (χ3v) is 2.03. The Kier molecular flexibility index (Phi) is 3.63. The molecule has 0 bridgehead atoms. The molecule has 0 saturated heterocycles. The van der Waals surface area contributed by atoms with Gasteiger partial charge in [0.05, 0.1) is 12.8 Å². The minimum absolute atomic E-state index is 0.351. The molecule has 1 rings (SSSR count). The maximum atomic E-state index is 12.3. The van der Waals surface area contributed by atoms with Gasteiger partial charge in [0, 0.05) is 6.92 Å². The molecule has 0 unspecified atom stereocenters. The number of nitrogens with zero attached hydrogens (tertiary/aromatic N) is 2. The third-order valence-electron chi connectivity index (χ3n) is 2.03. The molecule has 0 fully saturated rings. The number of methoxy groups -OCH3 is 1. The smallest absolute Gasteiger partial charge is 0.408 e. The molecule has 9 heteroatoms. The first-order valence-corrected chi connectivity index (χ1v) is 4.69. The topological polar surface area (TPSA) is 87.2 Å². The van der Waals surface area contributed by atoms with Crippen molar-refractivity contribution in [3.63, 3.8) is 0 Å². The number of nitrogen functional groups attached to an aromatic ring is 1. The number of alkyl halides is 3. The van der Waals surface area contributed by atoms with E-state index in [4.69, 9.17) is 5.73 Å². The van der Waals surface area contributed by atoms with Crippen molar-refractivity contribution in [2.45, 2.75) is 19.6 Å². The summed E-state index contributed by atoms with van der Waals surface area (Å²) in [6.45, 7) is -0.482. The van der Waals surface area contributed by atoms with Gasteiger partial charge in [-0.1, -0.05) is 0 Å². The van der Waals surface area contributed by atoms with Crippen molar-refractivity contribution in [1.29, 1.82) is 0 Å². The van der Waals surface area contributed by atoms with Gasteiger partial charge >= 0.3 is 12.1 Å². The lowest BCUT2D eigenvalue weighted by atomic mass is 10.2. The molecule has 0 atom stereocenters. The average molecular weight is 265 g/mol. The van der Waals surface area contributed by atoms with Crippen LogP contribution in [0, 0.1) is 0 Å². The number of aromatic nitrogens is 2. The van der Waals surface area contributed by atoms with E-state index in [2.05, 4.69) is 9.84 Å². The second-order valence-electron chi connectivity index (χ2n) is 3.43. The molecule has 1 aromatic rings. The number of esters is 1. The zero-order chi connectivity index (χ0) is 14.1. The SMILES string of the molecule is COC(=O)c1nn(CC(F)(F)F)c(C(C)=O)c1N. The fourth-order valence-corrected chi connectivity index (χ4v) is 1.38. The molecule has 0 amide bonds. The molecular weight excluding hydrogens is 255 g/mol. The van der Waals surface area contributed by atoms with E-state index < -0.39 is 41.5 Å². The normalized spacial score (nSPS) is 11.4. The number of anilines is 1. The van der Waals surface area contributed by atoms with E-state index in [1.807, 2.05) is 0 Å². The molecule has 0 aliphatic carbocycles. The molecule has 0 radical (unpaired) electrons. The van der Waals surface area contributed by atoms with Gasteiger partial charge in [-0.3, -0.25) is 4.79 Å². The average Bonchev–Trinajstić information content (AvgIpc) is 2.51. The Hall–Kier alpha value is -2.06. The number of halogens is 3. The molecule has 2 N–H and O–H groups in total. The highest BCUT2D eigenvalue weighted by Crippen LogP contribution is 2.23. The zero-order valence-electron chi connectivity index (χ0n) is 9.54. The maximum absolute atomic E-state index is 12.3. The molecular formula is C9H10F3N3O3. The predicted molar refractivity (Wildman–Crippen MR) is 54.0 cm³/mol. The Morgan fingerprint density at radius 1 is 1.44 bits per heavy atom. The highest BCUT2D eigenvalue weighted by atomic mass is 19.4. The van der Waals surface area contributed by atoms with Crippen molar-refractivity contribution in [3.05, 3.63) is 11.4 Å². The first-order chi connectivity index (χ1) is 8.17. The van der Waals surface area contributed by atoms with Crippen LogP contribution in [0.15, 0.2) is 0 Å². The number of Topliss-reactive ketones (excluding diaryl/α,β-unsaturated/α-hetero) is 1. The van der Waals surface area contributed by atoms with E-state index in [1.54, 1.807) is 0 Å². The van der Waals surface area contributed by atoms with Gasteiger partial charge in [-0.15, -0.1) is 0 Å². The van der Waals surface area contributed by atoms with Crippen LogP contribution in [0.25, 0.3) is 0 Å².